The van der Waals surface area contributed by atoms with E-state index in [4.69, 9.17) is 9.47 Å². The van der Waals surface area contributed by atoms with Gasteiger partial charge in [0.25, 0.3) is 0 Å². The van der Waals surface area contributed by atoms with Crippen molar-refractivity contribution in [2.75, 3.05) is 26.2 Å². The zero-order valence-electron chi connectivity index (χ0n) is 16.1. The predicted octanol–water partition coefficient (Wildman–Crippen LogP) is 2.59. The van der Waals surface area contributed by atoms with Crippen molar-refractivity contribution in [3.05, 3.63) is 0 Å². The summed E-state index contributed by atoms with van der Waals surface area (Å²) in [5.41, 5.74) is -0.0520. The topological polar surface area (TPSA) is 50.8 Å². The Balaban J connectivity index is 1.77. The summed E-state index contributed by atoms with van der Waals surface area (Å²) in [7, 11) is 0. The number of carbonyl (C=O) groups excluding carboxylic acids is 1. The lowest BCUT2D eigenvalue weighted by atomic mass is 9.91. The third kappa shape index (κ3) is 5.71. The third-order valence-corrected chi connectivity index (χ3v) is 5.40. The molecule has 0 aromatic carbocycles. The van der Waals surface area contributed by atoms with Crippen LogP contribution in [-0.2, 0) is 14.3 Å². The van der Waals surface area contributed by atoms with Crippen LogP contribution in [-0.4, -0.2) is 60.9 Å². The maximum Gasteiger partial charge on any atom is 0.220 e. The molecule has 5 heteroatoms. The zero-order chi connectivity index (χ0) is 17.7. The van der Waals surface area contributed by atoms with Gasteiger partial charge in [0.1, 0.15) is 0 Å². The van der Waals surface area contributed by atoms with E-state index >= 15 is 0 Å². The van der Waals surface area contributed by atoms with Crippen molar-refractivity contribution in [2.45, 2.75) is 84.2 Å². The molecule has 0 spiro atoms. The van der Waals surface area contributed by atoms with Crippen molar-refractivity contribution in [1.82, 2.24) is 10.2 Å². The molecule has 5 nitrogen and oxygen atoms in total. The molecule has 2 aliphatic rings. The van der Waals surface area contributed by atoms with Crippen molar-refractivity contribution in [3.63, 3.8) is 0 Å². The minimum absolute atomic E-state index is 0.0520. The van der Waals surface area contributed by atoms with E-state index in [2.05, 4.69) is 44.8 Å². The van der Waals surface area contributed by atoms with Gasteiger partial charge in [0.2, 0.25) is 5.91 Å². The lowest BCUT2D eigenvalue weighted by molar-refractivity contribution is -0.125. The van der Waals surface area contributed by atoms with Crippen molar-refractivity contribution in [1.29, 1.82) is 0 Å². The number of morpholine rings is 1. The maximum absolute atomic E-state index is 12.4. The fraction of sp³-hybridized carbons (Fsp3) is 0.947. The summed E-state index contributed by atoms with van der Waals surface area (Å²) < 4.78 is 11.5. The highest BCUT2D eigenvalue weighted by Gasteiger charge is 2.33. The number of rotatable bonds is 6. The molecule has 4 atom stereocenters. The van der Waals surface area contributed by atoms with E-state index in [1.165, 1.54) is 0 Å². The normalized spacial score (nSPS) is 32.5. The van der Waals surface area contributed by atoms with Crippen molar-refractivity contribution < 1.29 is 14.3 Å². The number of hydrogen-bond acceptors (Lipinski definition) is 4. The summed E-state index contributed by atoms with van der Waals surface area (Å²) in [5, 5.41) is 3.17. The molecule has 0 unspecified atom stereocenters. The average Bonchev–Trinajstić information content (AvgIpc) is 2.52. The van der Waals surface area contributed by atoms with Crippen molar-refractivity contribution >= 4 is 5.91 Å². The number of amides is 1. The SMILES string of the molecule is CC[C@@H]1C[C@H](CC(=O)NCC(C)(C)N2C[C@@H](C)O[C@@H](C)C2)CCO1. The highest BCUT2D eigenvalue weighted by molar-refractivity contribution is 5.76. The standard InChI is InChI=1S/C19H36N2O3/c1-6-17-9-16(7-8-23-17)10-18(22)20-13-19(4,5)21-11-14(2)24-15(3)12-21/h14-17H,6-13H2,1-5H3,(H,20,22)/t14-,15+,16-,17-/m1/s1. The molecule has 140 valence electrons. The van der Waals surface area contributed by atoms with Crippen LogP contribution in [0.4, 0.5) is 0 Å². The van der Waals surface area contributed by atoms with Gasteiger partial charge in [-0.3, -0.25) is 9.69 Å². The summed E-state index contributed by atoms with van der Waals surface area (Å²) in [5.74, 6) is 0.648. The van der Waals surface area contributed by atoms with Gasteiger partial charge in [-0.25, -0.2) is 0 Å². The summed E-state index contributed by atoms with van der Waals surface area (Å²) in [6, 6.07) is 0. The summed E-state index contributed by atoms with van der Waals surface area (Å²) in [6.45, 7) is 14.1. The Morgan fingerprint density at radius 3 is 2.54 bits per heavy atom. The molecular formula is C19H36N2O3. The highest BCUT2D eigenvalue weighted by Crippen LogP contribution is 2.25. The lowest BCUT2D eigenvalue weighted by Gasteiger charge is -2.45. The van der Waals surface area contributed by atoms with Gasteiger partial charge in [-0.1, -0.05) is 6.92 Å². The Morgan fingerprint density at radius 1 is 1.25 bits per heavy atom. The van der Waals surface area contributed by atoms with Crippen molar-refractivity contribution in [3.8, 4) is 0 Å². The van der Waals surface area contributed by atoms with Crippen LogP contribution in [0.15, 0.2) is 0 Å². The molecule has 2 aliphatic heterocycles. The zero-order valence-corrected chi connectivity index (χ0v) is 16.1. The Kier molecular flexibility index (Phi) is 7.08. The quantitative estimate of drug-likeness (QED) is 0.807. The minimum atomic E-state index is -0.0520. The second-order valence-corrected chi connectivity index (χ2v) is 8.25. The van der Waals surface area contributed by atoms with E-state index < -0.39 is 0 Å². The molecule has 2 rings (SSSR count). The van der Waals surface area contributed by atoms with Crippen LogP contribution in [0.2, 0.25) is 0 Å². The number of ether oxygens (including phenoxy) is 2. The number of nitrogens with zero attached hydrogens (tertiary/aromatic N) is 1. The summed E-state index contributed by atoms with van der Waals surface area (Å²) in [4.78, 5) is 14.8. The first-order valence-corrected chi connectivity index (χ1v) is 9.59. The second kappa shape index (κ2) is 8.63. The van der Waals surface area contributed by atoms with Crippen LogP contribution in [0.25, 0.3) is 0 Å². The number of hydrogen-bond donors (Lipinski definition) is 1. The van der Waals surface area contributed by atoms with E-state index in [1.54, 1.807) is 0 Å². The molecule has 2 saturated heterocycles. The molecule has 1 N–H and O–H groups in total. The lowest BCUT2D eigenvalue weighted by Crippen LogP contribution is -2.58. The van der Waals surface area contributed by atoms with Gasteiger partial charge in [-0.05, 0) is 52.9 Å². The largest absolute Gasteiger partial charge is 0.378 e. The van der Waals surface area contributed by atoms with Crippen LogP contribution in [0, 0.1) is 5.92 Å². The van der Waals surface area contributed by atoms with E-state index in [9.17, 15) is 4.79 Å². The second-order valence-electron chi connectivity index (χ2n) is 8.25. The monoisotopic (exact) mass is 340 g/mol. The van der Waals surface area contributed by atoms with Crippen molar-refractivity contribution in [2.24, 2.45) is 5.92 Å². The van der Waals surface area contributed by atoms with Gasteiger partial charge in [0.05, 0.1) is 18.3 Å². The van der Waals surface area contributed by atoms with Crippen LogP contribution in [0.3, 0.4) is 0 Å². The summed E-state index contributed by atoms with van der Waals surface area (Å²) in [6.07, 6.45) is 4.53. The first-order valence-electron chi connectivity index (χ1n) is 9.59. The van der Waals surface area contributed by atoms with E-state index in [1.807, 2.05) is 0 Å². The fourth-order valence-electron chi connectivity index (χ4n) is 3.86. The molecule has 0 aromatic rings. The number of carbonyl (C=O) groups is 1. The van der Waals surface area contributed by atoms with Crippen LogP contribution < -0.4 is 5.32 Å². The molecule has 0 radical (unpaired) electrons. The minimum Gasteiger partial charge on any atom is -0.378 e. The van der Waals surface area contributed by atoms with Gasteiger partial charge in [-0.15, -0.1) is 0 Å². The first kappa shape index (κ1) is 19.7. The van der Waals surface area contributed by atoms with E-state index in [0.717, 1.165) is 39.0 Å². The van der Waals surface area contributed by atoms with E-state index in [0.29, 0.717) is 25.0 Å². The average molecular weight is 341 g/mol. The highest BCUT2D eigenvalue weighted by atomic mass is 16.5. The van der Waals surface area contributed by atoms with Crippen LogP contribution in [0.1, 0.15) is 60.3 Å². The Bertz CT molecular complexity index is 403. The molecular weight excluding hydrogens is 304 g/mol. The van der Waals surface area contributed by atoms with Gasteiger partial charge < -0.3 is 14.8 Å². The van der Waals surface area contributed by atoms with Gasteiger partial charge in [0, 0.05) is 38.2 Å². The van der Waals surface area contributed by atoms with Gasteiger partial charge in [-0.2, -0.15) is 0 Å². The van der Waals surface area contributed by atoms with Crippen LogP contribution >= 0.6 is 0 Å². The van der Waals surface area contributed by atoms with Gasteiger partial charge >= 0.3 is 0 Å². The Hall–Kier alpha value is -0.650. The van der Waals surface area contributed by atoms with Crippen LogP contribution in [0.5, 0.6) is 0 Å². The molecule has 2 heterocycles. The first-order chi connectivity index (χ1) is 11.3. The third-order valence-electron chi connectivity index (χ3n) is 5.40. The summed E-state index contributed by atoms with van der Waals surface area (Å²) >= 11 is 0. The fourth-order valence-corrected chi connectivity index (χ4v) is 3.86. The smallest absolute Gasteiger partial charge is 0.220 e. The molecule has 0 aliphatic carbocycles. The Labute approximate surface area is 147 Å². The molecule has 0 bridgehead atoms. The predicted molar refractivity (Wildman–Crippen MR) is 96.0 cm³/mol. The van der Waals surface area contributed by atoms with Gasteiger partial charge in [0.15, 0.2) is 0 Å². The number of nitrogens with one attached hydrogen (secondary N) is 1. The Morgan fingerprint density at radius 2 is 1.92 bits per heavy atom. The molecule has 2 fully saturated rings. The molecule has 1 amide bonds. The maximum atomic E-state index is 12.4. The molecule has 0 saturated carbocycles. The van der Waals surface area contributed by atoms with E-state index in [-0.39, 0.29) is 23.7 Å². The molecule has 24 heavy (non-hydrogen) atoms. The molecule has 0 aromatic heterocycles.